The molecule has 0 saturated carbocycles. The van der Waals surface area contributed by atoms with Gasteiger partial charge in [-0.3, -0.25) is 4.79 Å². The van der Waals surface area contributed by atoms with Crippen molar-refractivity contribution in [3.63, 3.8) is 0 Å². The smallest absolute Gasteiger partial charge is 0.224 e. The van der Waals surface area contributed by atoms with E-state index in [1.807, 2.05) is 4.90 Å². The van der Waals surface area contributed by atoms with Gasteiger partial charge in [0.25, 0.3) is 0 Å². The number of hydrogen-bond acceptors (Lipinski definition) is 2. The summed E-state index contributed by atoms with van der Waals surface area (Å²) >= 11 is 0. The van der Waals surface area contributed by atoms with E-state index in [0.717, 1.165) is 0 Å². The first kappa shape index (κ1) is 11.5. The van der Waals surface area contributed by atoms with Gasteiger partial charge < -0.3 is 10.6 Å². The number of carbonyl (C=O) groups excluding carboxylic acids is 1. The summed E-state index contributed by atoms with van der Waals surface area (Å²) in [5, 5.41) is 0. The zero-order chi connectivity index (χ0) is 11.1. The molecule has 0 spiro atoms. The lowest BCUT2D eigenvalue weighted by Crippen LogP contribution is -2.51. The number of carbonyl (C=O) groups is 1. The maximum Gasteiger partial charge on any atom is 0.224 e. The molecule has 0 radical (unpaired) electrons. The Morgan fingerprint density at radius 3 is 2.21 bits per heavy atom. The summed E-state index contributed by atoms with van der Waals surface area (Å²) < 4.78 is 0. The molecule has 2 atom stereocenters. The highest BCUT2D eigenvalue weighted by Crippen LogP contribution is 2.33. The van der Waals surface area contributed by atoms with Gasteiger partial charge in [-0.2, -0.15) is 0 Å². The minimum absolute atomic E-state index is 0.00935. The van der Waals surface area contributed by atoms with Gasteiger partial charge in [0.05, 0.1) is 6.04 Å². The van der Waals surface area contributed by atoms with Gasteiger partial charge in [0.15, 0.2) is 0 Å². The summed E-state index contributed by atoms with van der Waals surface area (Å²) in [7, 11) is 0. The zero-order valence-electron chi connectivity index (χ0n) is 9.87. The van der Waals surface area contributed by atoms with E-state index in [1.54, 1.807) is 0 Å². The Morgan fingerprint density at radius 1 is 1.43 bits per heavy atom. The van der Waals surface area contributed by atoms with Gasteiger partial charge in [0.2, 0.25) is 5.91 Å². The first-order valence-corrected chi connectivity index (χ1v) is 5.32. The Labute approximate surface area is 86.6 Å². The lowest BCUT2D eigenvalue weighted by Gasteiger charge is -2.39. The van der Waals surface area contributed by atoms with Gasteiger partial charge in [0, 0.05) is 18.5 Å². The van der Waals surface area contributed by atoms with Crippen LogP contribution in [0.25, 0.3) is 0 Å². The number of nitrogens with zero attached hydrogens (tertiary/aromatic N) is 1. The van der Waals surface area contributed by atoms with Crippen molar-refractivity contribution < 1.29 is 4.79 Å². The molecule has 82 valence electrons. The fourth-order valence-corrected chi connectivity index (χ4v) is 2.45. The van der Waals surface area contributed by atoms with Crippen LogP contribution in [-0.4, -0.2) is 28.9 Å². The minimum atomic E-state index is -0.00935. The predicted molar refractivity (Wildman–Crippen MR) is 57.8 cm³/mol. The van der Waals surface area contributed by atoms with E-state index in [2.05, 4.69) is 34.6 Å². The molecule has 0 aromatic carbocycles. The van der Waals surface area contributed by atoms with Gasteiger partial charge >= 0.3 is 0 Å². The molecule has 14 heavy (non-hydrogen) atoms. The molecule has 3 heteroatoms. The van der Waals surface area contributed by atoms with Crippen LogP contribution in [0.3, 0.4) is 0 Å². The molecule has 2 N–H and O–H groups in total. The third-order valence-corrected chi connectivity index (χ3v) is 2.85. The van der Waals surface area contributed by atoms with E-state index in [1.165, 1.54) is 0 Å². The average Bonchev–Trinajstić information content (AvgIpc) is 2.23. The molecule has 3 nitrogen and oxygen atoms in total. The van der Waals surface area contributed by atoms with Crippen LogP contribution in [0.2, 0.25) is 0 Å². The van der Waals surface area contributed by atoms with Gasteiger partial charge in [-0.1, -0.05) is 20.8 Å². The Hall–Kier alpha value is -0.570. The van der Waals surface area contributed by atoms with Crippen LogP contribution in [0, 0.1) is 5.41 Å². The summed E-state index contributed by atoms with van der Waals surface area (Å²) in [5.41, 5.74) is 6.09. The summed E-state index contributed by atoms with van der Waals surface area (Å²) in [6.07, 6.45) is 0.500. The molecule has 1 rings (SSSR count). The molecule has 0 aliphatic carbocycles. The quantitative estimate of drug-likeness (QED) is 0.691. The summed E-state index contributed by atoms with van der Waals surface area (Å²) in [5.74, 6) is 0.201. The van der Waals surface area contributed by atoms with Gasteiger partial charge in [-0.15, -0.1) is 0 Å². The minimum Gasteiger partial charge on any atom is -0.335 e. The Kier molecular flexibility index (Phi) is 2.91. The summed E-state index contributed by atoms with van der Waals surface area (Å²) in [6, 6.07) is 0.417. The lowest BCUT2D eigenvalue weighted by molar-refractivity contribution is -0.132. The molecule has 0 unspecified atom stereocenters. The van der Waals surface area contributed by atoms with Crippen molar-refractivity contribution in [2.75, 3.05) is 0 Å². The monoisotopic (exact) mass is 198 g/mol. The van der Waals surface area contributed by atoms with Crippen molar-refractivity contribution in [2.45, 2.75) is 59.2 Å². The van der Waals surface area contributed by atoms with Crippen LogP contribution in [-0.2, 0) is 4.79 Å². The molecule has 0 aromatic heterocycles. The molecular formula is C11H22N2O. The van der Waals surface area contributed by atoms with Crippen molar-refractivity contribution in [1.29, 1.82) is 0 Å². The lowest BCUT2D eigenvalue weighted by atomic mass is 9.82. The van der Waals surface area contributed by atoms with Gasteiger partial charge in [-0.25, -0.2) is 0 Å². The van der Waals surface area contributed by atoms with Crippen LogP contribution in [0.15, 0.2) is 0 Å². The SMILES string of the molecule is CC(C)N1C(=O)C[C@H](N)[C@H]1C(C)(C)C. The molecule has 0 aromatic rings. The number of rotatable bonds is 1. The van der Waals surface area contributed by atoms with E-state index in [9.17, 15) is 4.79 Å². The van der Waals surface area contributed by atoms with Crippen LogP contribution < -0.4 is 5.73 Å². The molecule has 1 saturated heterocycles. The fraction of sp³-hybridized carbons (Fsp3) is 0.909. The molecule has 1 amide bonds. The van der Waals surface area contributed by atoms with Crippen LogP contribution in [0.1, 0.15) is 41.0 Å². The molecule has 1 heterocycles. The Balaban J connectivity index is 2.95. The maximum atomic E-state index is 11.7. The topological polar surface area (TPSA) is 46.3 Å². The highest BCUT2D eigenvalue weighted by Gasteiger charge is 2.44. The van der Waals surface area contributed by atoms with Crippen molar-refractivity contribution in [1.82, 2.24) is 4.90 Å². The third-order valence-electron chi connectivity index (χ3n) is 2.85. The molecular weight excluding hydrogens is 176 g/mol. The number of nitrogens with two attached hydrogens (primary N) is 1. The molecule has 1 aliphatic rings. The molecule has 1 aliphatic heterocycles. The summed E-state index contributed by atoms with van der Waals surface area (Å²) in [4.78, 5) is 13.7. The predicted octanol–water partition coefficient (Wildman–Crippen LogP) is 1.37. The Bertz CT molecular complexity index is 230. The number of likely N-dealkylation sites (tertiary alicyclic amines) is 1. The fourth-order valence-electron chi connectivity index (χ4n) is 2.45. The Morgan fingerprint density at radius 2 is 1.93 bits per heavy atom. The van der Waals surface area contributed by atoms with E-state index >= 15 is 0 Å². The second-order valence-corrected chi connectivity index (χ2v) is 5.57. The normalized spacial score (nSPS) is 29.1. The molecule has 1 fully saturated rings. The van der Waals surface area contributed by atoms with E-state index in [-0.39, 0.29) is 29.4 Å². The molecule has 0 bridgehead atoms. The first-order valence-electron chi connectivity index (χ1n) is 5.32. The average molecular weight is 198 g/mol. The first-order chi connectivity index (χ1) is 6.25. The second kappa shape index (κ2) is 3.54. The van der Waals surface area contributed by atoms with Crippen molar-refractivity contribution in [2.24, 2.45) is 11.1 Å². The van der Waals surface area contributed by atoms with Crippen LogP contribution in [0.5, 0.6) is 0 Å². The maximum absolute atomic E-state index is 11.7. The zero-order valence-corrected chi connectivity index (χ0v) is 9.87. The third kappa shape index (κ3) is 1.92. The second-order valence-electron chi connectivity index (χ2n) is 5.57. The van der Waals surface area contributed by atoms with Crippen molar-refractivity contribution in [3.05, 3.63) is 0 Å². The standard InChI is InChI=1S/C11H22N2O/c1-7(2)13-9(14)6-8(12)10(13)11(3,4)5/h7-8,10H,6,12H2,1-5H3/t8-,10-/m0/s1. The highest BCUT2D eigenvalue weighted by atomic mass is 16.2. The van der Waals surface area contributed by atoms with Gasteiger partial charge in [-0.05, 0) is 19.3 Å². The largest absolute Gasteiger partial charge is 0.335 e. The number of hydrogen-bond donors (Lipinski definition) is 1. The van der Waals surface area contributed by atoms with Crippen molar-refractivity contribution in [3.8, 4) is 0 Å². The summed E-state index contributed by atoms with van der Waals surface area (Å²) in [6.45, 7) is 10.5. The van der Waals surface area contributed by atoms with Crippen LogP contribution in [0.4, 0.5) is 0 Å². The number of amides is 1. The van der Waals surface area contributed by atoms with E-state index in [0.29, 0.717) is 6.42 Å². The van der Waals surface area contributed by atoms with Gasteiger partial charge in [0.1, 0.15) is 0 Å². The van der Waals surface area contributed by atoms with E-state index in [4.69, 9.17) is 5.73 Å². The van der Waals surface area contributed by atoms with E-state index < -0.39 is 0 Å². The highest BCUT2D eigenvalue weighted by molar-refractivity contribution is 5.80. The van der Waals surface area contributed by atoms with Crippen LogP contribution >= 0.6 is 0 Å². The van der Waals surface area contributed by atoms with Crippen molar-refractivity contribution >= 4 is 5.91 Å².